The Balaban J connectivity index is 2.17. The molecule has 0 aliphatic heterocycles. The van der Waals surface area contributed by atoms with Gasteiger partial charge in [-0.2, -0.15) is 0 Å². The molecule has 29 heavy (non-hydrogen) atoms. The minimum absolute atomic E-state index is 0.00291. The third-order valence-corrected chi connectivity index (χ3v) is 4.15. The van der Waals surface area contributed by atoms with Gasteiger partial charge in [0, 0.05) is 19.8 Å². The van der Waals surface area contributed by atoms with Crippen molar-refractivity contribution in [3.63, 3.8) is 0 Å². The van der Waals surface area contributed by atoms with Gasteiger partial charge in [-0.1, -0.05) is 24.3 Å². The Hall–Kier alpha value is -3.29. The topological polar surface area (TPSA) is 84.5 Å². The summed E-state index contributed by atoms with van der Waals surface area (Å²) < 4.78 is 31.6. The SMILES string of the molecule is COC(=O)[C@@H](Cc1cccc(F)c1)NC(=O)[C@H](Cc1cccc(F)c1)NC(C)=O. The van der Waals surface area contributed by atoms with Gasteiger partial charge in [-0.25, -0.2) is 13.6 Å². The van der Waals surface area contributed by atoms with Crippen LogP contribution in [-0.4, -0.2) is 37.0 Å². The molecule has 2 atom stereocenters. The lowest BCUT2D eigenvalue weighted by Gasteiger charge is -2.22. The number of amides is 2. The van der Waals surface area contributed by atoms with Crippen molar-refractivity contribution in [1.82, 2.24) is 10.6 Å². The fourth-order valence-electron chi connectivity index (χ4n) is 2.86. The average Bonchev–Trinajstić information content (AvgIpc) is 2.66. The molecular weight excluding hydrogens is 382 g/mol. The van der Waals surface area contributed by atoms with Crippen molar-refractivity contribution >= 4 is 17.8 Å². The number of carbonyl (C=O) groups is 3. The second-order valence-corrected chi connectivity index (χ2v) is 6.51. The number of methoxy groups -OCH3 is 1. The number of halogens is 2. The number of carbonyl (C=O) groups excluding carboxylic acids is 3. The minimum Gasteiger partial charge on any atom is -0.467 e. The lowest BCUT2D eigenvalue weighted by Crippen LogP contribution is -2.53. The van der Waals surface area contributed by atoms with Crippen LogP contribution in [0.5, 0.6) is 0 Å². The molecule has 0 unspecified atom stereocenters. The molecule has 0 spiro atoms. The highest BCUT2D eigenvalue weighted by molar-refractivity contribution is 5.90. The maximum Gasteiger partial charge on any atom is 0.328 e. The van der Waals surface area contributed by atoms with Gasteiger partial charge in [0.15, 0.2) is 0 Å². The van der Waals surface area contributed by atoms with Crippen LogP contribution in [0.4, 0.5) is 8.78 Å². The zero-order valence-electron chi connectivity index (χ0n) is 16.1. The van der Waals surface area contributed by atoms with E-state index in [4.69, 9.17) is 4.74 Å². The Bertz CT molecular complexity index is 888. The van der Waals surface area contributed by atoms with Crippen molar-refractivity contribution in [1.29, 1.82) is 0 Å². The highest BCUT2D eigenvalue weighted by atomic mass is 19.1. The number of hydrogen-bond donors (Lipinski definition) is 2. The van der Waals surface area contributed by atoms with Gasteiger partial charge < -0.3 is 15.4 Å². The second kappa shape index (κ2) is 10.3. The summed E-state index contributed by atoms with van der Waals surface area (Å²) >= 11 is 0. The molecule has 2 aromatic rings. The summed E-state index contributed by atoms with van der Waals surface area (Å²) in [6, 6.07) is 9.14. The molecule has 0 radical (unpaired) electrons. The summed E-state index contributed by atoms with van der Waals surface area (Å²) in [5.41, 5.74) is 0.987. The van der Waals surface area contributed by atoms with E-state index < -0.39 is 41.5 Å². The number of ether oxygens (including phenoxy) is 1. The van der Waals surface area contributed by atoms with Gasteiger partial charge in [0.25, 0.3) is 0 Å². The first kappa shape index (κ1) is 22.0. The average molecular weight is 404 g/mol. The summed E-state index contributed by atoms with van der Waals surface area (Å²) in [5.74, 6) is -2.75. The predicted octanol–water partition coefficient (Wildman–Crippen LogP) is 1.91. The smallest absolute Gasteiger partial charge is 0.328 e. The first-order valence-electron chi connectivity index (χ1n) is 8.92. The maximum atomic E-state index is 13.4. The summed E-state index contributed by atoms with van der Waals surface area (Å²) in [4.78, 5) is 36.4. The van der Waals surface area contributed by atoms with E-state index in [1.807, 2.05) is 0 Å². The van der Waals surface area contributed by atoms with Crippen molar-refractivity contribution in [3.8, 4) is 0 Å². The normalized spacial score (nSPS) is 12.6. The highest BCUT2D eigenvalue weighted by Gasteiger charge is 2.27. The molecule has 154 valence electrons. The van der Waals surface area contributed by atoms with Gasteiger partial charge >= 0.3 is 5.97 Å². The standard InChI is InChI=1S/C21H22F2N2O4/c1-13(26)24-18(11-14-5-3-7-16(22)9-14)20(27)25-19(21(28)29-2)12-15-6-4-8-17(23)10-15/h3-10,18-19H,11-12H2,1-2H3,(H,24,26)(H,25,27)/t18-,19+/m0/s1. The molecule has 0 bridgehead atoms. The minimum atomic E-state index is -1.09. The molecule has 0 heterocycles. The molecule has 0 aliphatic rings. The molecular formula is C21H22F2N2O4. The molecule has 2 aromatic carbocycles. The van der Waals surface area contributed by atoms with Crippen LogP contribution in [0.25, 0.3) is 0 Å². The molecule has 6 nitrogen and oxygen atoms in total. The molecule has 2 N–H and O–H groups in total. The quantitative estimate of drug-likeness (QED) is 0.659. The van der Waals surface area contributed by atoms with Gasteiger partial charge in [0.1, 0.15) is 23.7 Å². The summed E-state index contributed by atoms with van der Waals surface area (Å²) in [5, 5.41) is 5.03. The van der Waals surface area contributed by atoms with Crippen LogP contribution in [0, 0.1) is 11.6 Å². The summed E-state index contributed by atoms with van der Waals surface area (Å²) in [7, 11) is 1.17. The lowest BCUT2D eigenvalue weighted by atomic mass is 10.0. The van der Waals surface area contributed by atoms with Crippen LogP contribution in [0.2, 0.25) is 0 Å². The number of benzene rings is 2. The van der Waals surface area contributed by atoms with E-state index in [0.29, 0.717) is 11.1 Å². The number of esters is 1. The molecule has 8 heteroatoms. The Labute approximate surface area is 167 Å². The number of hydrogen-bond acceptors (Lipinski definition) is 4. The van der Waals surface area contributed by atoms with E-state index in [1.54, 1.807) is 12.1 Å². The van der Waals surface area contributed by atoms with E-state index >= 15 is 0 Å². The largest absolute Gasteiger partial charge is 0.467 e. The third-order valence-electron chi connectivity index (χ3n) is 4.15. The fraction of sp³-hybridized carbons (Fsp3) is 0.286. The van der Waals surface area contributed by atoms with Gasteiger partial charge in [0.2, 0.25) is 11.8 Å². The zero-order valence-corrected chi connectivity index (χ0v) is 16.1. The van der Waals surface area contributed by atoms with Crippen LogP contribution < -0.4 is 10.6 Å². The molecule has 0 saturated carbocycles. The monoisotopic (exact) mass is 404 g/mol. The molecule has 0 aliphatic carbocycles. The number of nitrogens with one attached hydrogen (secondary N) is 2. The Morgan fingerprint density at radius 3 is 1.86 bits per heavy atom. The van der Waals surface area contributed by atoms with Crippen molar-refractivity contribution < 1.29 is 27.9 Å². The Morgan fingerprint density at radius 2 is 1.41 bits per heavy atom. The van der Waals surface area contributed by atoms with Crippen molar-refractivity contribution in [2.75, 3.05) is 7.11 Å². The van der Waals surface area contributed by atoms with Crippen LogP contribution in [0.1, 0.15) is 18.1 Å². The van der Waals surface area contributed by atoms with Crippen LogP contribution in [0.15, 0.2) is 48.5 Å². The summed E-state index contributed by atoms with van der Waals surface area (Å²) in [6.45, 7) is 1.25. The number of rotatable bonds is 8. The van der Waals surface area contributed by atoms with E-state index in [1.165, 1.54) is 50.4 Å². The van der Waals surface area contributed by atoms with Crippen molar-refractivity contribution in [3.05, 3.63) is 71.3 Å². The molecule has 2 amide bonds. The molecule has 0 fully saturated rings. The van der Waals surface area contributed by atoms with Crippen molar-refractivity contribution in [2.45, 2.75) is 31.8 Å². The highest BCUT2D eigenvalue weighted by Crippen LogP contribution is 2.10. The lowest BCUT2D eigenvalue weighted by molar-refractivity contribution is -0.145. The molecule has 0 saturated heterocycles. The molecule has 2 rings (SSSR count). The Morgan fingerprint density at radius 1 is 0.897 bits per heavy atom. The van der Waals surface area contributed by atoms with E-state index in [9.17, 15) is 23.2 Å². The summed E-state index contributed by atoms with van der Waals surface area (Å²) in [6.07, 6.45) is 0.0277. The van der Waals surface area contributed by atoms with Crippen molar-refractivity contribution in [2.24, 2.45) is 0 Å². The first-order valence-corrected chi connectivity index (χ1v) is 8.92. The van der Waals surface area contributed by atoms with Crippen LogP contribution in [-0.2, 0) is 32.0 Å². The van der Waals surface area contributed by atoms with E-state index in [-0.39, 0.29) is 12.8 Å². The maximum absolute atomic E-state index is 13.4. The third kappa shape index (κ3) is 6.99. The van der Waals surface area contributed by atoms with Gasteiger partial charge in [0.05, 0.1) is 7.11 Å². The second-order valence-electron chi connectivity index (χ2n) is 6.51. The zero-order chi connectivity index (χ0) is 21.4. The van der Waals surface area contributed by atoms with E-state index in [2.05, 4.69) is 10.6 Å². The predicted molar refractivity (Wildman–Crippen MR) is 102 cm³/mol. The molecule has 0 aromatic heterocycles. The first-order chi connectivity index (χ1) is 13.8. The fourth-order valence-corrected chi connectivity index (χ4v) is 2.86. The van der Waals surface area contributed by atoms with Crippen LogP contribution >= 0.6 is 0 Å². The van der Waals surface area contributed by atoms with Gasteiger partial charge in [-0.15, -0.1) is 0 Å². The van der Waals surface area contributed by atoms with E-state index in [0.717, 1.165) is 0 Å². The van der Waals surface area contributed by atoms with Crippen LogP contribution in [0.3, 0.4) is 0 Å². The van der Waals surface area contributed by atoms with Gasteiger partial charge in [-0.05, 0) is 35.4 Å². The van der Waals surface area contributed by atoms with Gasteiger partial charge in [-0.3, -0.25) is 9.59 Å². The Kier molecular flexibility index (Phi) is 7.82.